The number of nitrogens with zero attached hydrogens (tertiary/aromatic N) is 5. The van der Waals surface area contributed by atoms with Crippen LogP contribution in [0.3, 0.4) is 0 Å². The number of phenols is 1. The lowest BCUT2D eigenvalue weighted by Gasteiger charge is -2.10. The molecular formula is C21H22ClFN6O4. The summed E-state index contributed by atoms with van der Waals surface area (Å²) in [5, 5.41) is 13.2. The molecule has 0 fully saturated rings. The van der Waals surface area contributed by atoms with E-state index in [0.717, 1.165) is 18.9 Å². The van der Waals surface area contributed by atoms with Crippen LogP contribution in [-0.2, 0) is 19.5 Å². The molecule has 3 aromatic heterocycles. The first-order chi connectivity index (χ1) is 15.9. The number of nitrogens with one attached hydrogen (secondary N) is 1. The van der Waals surface area contributed by atoms with Gasteiger partial charge in [0.05, 0.1) is 5.56 Å². The number of aromatic nitrogens is 6. The summed E-state index contributed by atoms with van der Waals surface area (Å²) in [5.41, 5.74) is -0.326. The number of H-pyrrole nitrogens is 1. The lowest BCUT2D eigenvalue weighted by Crippen LogP contribution is -2.40. The zero-order chi connectivity index (χ0) is 23.5. The van der Waals surface area contributed by atoms with Crippen molar-refractivity contribution >= 4 is 22.8 Å². The number of hydrogen-bond donors (Lipinski definition) is 2. The number of aromatic amines is 1. The second kappa shape index (κ2) is 9.57. The molecule has 12 heteroatoms. The van der Waals surface area contributed by atoms with Crippen LogP contribution in [0.5, 0.6) is 5.75 Å². The summed E-state index contributed by atoms with van der Waals surface area (Å²) in [6.45, 7) is 2.65. The van der Waals surface area contributed by atoms with Gasteiger partial charge >= 0.3 is 5.69 Å². The van der Waals surface area contributed by atoms with Gasteiger partial charge in [-0.2, -0.15) is 9.97 Å². The zero-order valence-corrected chi connectivity index (χ0v) is 18.6. The normalized spacial score (nSPS) is 11.5. The molecule has 0 atom stereocenters. The van der Waals surface area contributed by atoms with Crippen molar-refractivity contribution in [3.05, 3.63) is 56.0 Å². The predicted octanol–water partition coefficient (Wildman–Crippen LogP) is 3.26. The highest BCUT2D eigenvalue weighted by molar-refractivity contribution is 6.28. The Kier molecular flexibility index (Phi) is 6.59. The van der Waals surface area contributed by atoms with Gasteiger partial charge in [-0.05, 0) is 43.0 Å². The summed E-state index contributed by atoms with van der Waals surface area (Å²) in [4.78, 5) is 36.7. The predicted molar refractivity (Wildman–Crippen MR) is 119 cm³/mol. The second-order valence-electron chi connectivity index (χ2n) is 7.61. The molecule has 0 spiro atoms. The van der Waals surface area contributed by atoms with Gasteiger partial charge in [-0.15, -0.1) is 0 Å². The van der Waals surface area contributed by atoms with E-state index in [1.54, 1.807) is 0 Å². The van der Waals surface area contributed by atoms with Crippen LogP contribution in [0.4, 0.5) is 4.39 Å². The molecule has 0 unspecified atom stereocenters. The summed E-state index contributed by atoms with van der Waals surface area (Å²) in [6, 6.07) is 3.65. The maximum Gasteiger partial charge on any atom is 0.332 e. The lowest BCUT2D eigenvalue weighted by atomic mass is 10.2. The molecular weight excluding hydrogens is 455 g/mol. The average molecular weight is 477 g/mol. The van der Waals surface area contributed by atoms with Crippen LogP contribution in [0.2, 0.25) is 5.28 Å². The maximum absolute atomic E-state index is 14.0. The van der Waals surface area contributed by atoms with Gasteiger partial charge in [0.1, 0.15) is 11.6 Å². The van der Waals surface area contributed by atoms with Crippen molar-refractivity contribution in [3.8, 4) is 17.2 Å². The van der Waals surface area contributed by atoms with Gasteiger partial charge in [0.2, 0.25) is 5.28 Å². The Morgan fingerprint density at radius 3 is 2.70 bits per heavy atom. The first-order valence-corrected chi connectivity index (χ1v) is 11.0. The van der Waals surface area contributed by atoms with E-state index < -0.39 is 17.1 Å². The molecule has 3 heterocycles. The molecule has 0 aliphatic rings. The quantitative estimate of drug-likeness (QED) is 0.280. The Balaban J connectivity index is 1.46. The van der Waals surface area contributed by atoms with E-state index in [4.69, 9.17) is 16.1 Å². The highest BCUT2D eigenvalue weighted by atomic mass is 35.5. The fourth-order valence-corrected chi connectivity index (χ4v) is 3.72. The summed E-state index contributed by atoms with van der Waals surface area (Å²) in [7, 11) is 0. The first kappa shape index (κ1) is 22.7. The molecule has 1 aromatic carbocycles. The van der Waals surface area contributed by atoms with E-state index in [1.165, 1.54) is 21.3 Å². The minimum absolute atomic E-state index is 0.0131. The highest BCUT2D eigenvalue weighted by Crippen LogP contribution is 2.24. The Bertz CT molecular complexity index is 1410. The number of benzene rings is 1. The van der Waals surface area contributed by atoms with Crippen LogP contribution in [0.25, 0.3) is 22.6 Å². The minimum Gasteiger partial charge on any atom is -0.508 e. The number of aryl methyl sites for hydroxylation is 2. The molecule has 0 radical (unpaired) electrons. The smallest absolute Gasteiger partial charge is 0.332 e. The lowest BCUT2D eigenvalue weighted by molar-refractivity contribution is 0.417. The van der Waals surface area contributed by atoms with Gasteiger partial charge in [-0.1, -0.05) is 18.5 Å². The van der Waals surface area contributed by atoms with Crippen molar-refractivity contribution in [1.29, 1.82) is 0 Å². The molecule has 0 amide bonds. The van der Waals surface area contributed by atoms with Crippen LogP contribution in [-0.4, -0.2) is 34.3 Å². The van der Waals surface area contributed by atoms with Gasteiger partial charge in [0.25, 0.3) is 11.4 Å². The van der Waals surface area contributed by atoms with Gasteiger partial charge in [-0.25, -0.2) is 9.18 Å². The molecule has 4 rings (SSSR count). The van der Waals surface area contributed by atoms with Crippen LogP contribution in [0, 0.1) is 5.82 Å². The average Bonchev–Trinajstić information content (AvgIpc) is 3.40. The monoisotopic (exact) mass is 476 g/mol. The van der Waals surface area contributed by atoms with E-state index in [1.807, 2.05) is 6.92 Å². The summed E-state index contributed by atoms with van der Waals surface area (Å²) in [6.07, 6.45) is 3.14. The number of aromatic hydroxyl groups is 1. The summed E-state index contributed by atoms with van der Waals surface area (Å²) < 4.78 is 21.7. The topological polar surface area (TPSA) is 132 Å². The largest absolute Gasteiger partial charge is 0.508 e. The van der Waals surface area contributed by atoms with Crippen molar-refractivity contribution in [2.45, 2.75) is 52.1 Å². The van der Waals surface area contributed by atoms with Gasteiger partial charge in [0.15, 0.2) is 17.0 Å². The van der Waals surface area contributed by atoms with Crippen molar-refractivity contribution in [1.82, 2.24) is 29.2 Å². The molecule has 33 heavy (non-hydrogen) atoms. The first-order valence-electron chi connectivity index (χ1n) is 10.6. The van der Waals surface area contributed by atoms with Crippen molar-refractivity contribution in [2.75, 3.05) is 0 Å². The third-order valence-electron chi connectivity index (χ3n) is 5.25. The number of hydrogen-bond acceptors (Lipinski definition) is 7. The molecule has 174 valence electrons. The van der Waals surface area contributed by atoms with Crippen LogP contribution in [0.15, 0.2) is 32.3 Å². The number of rotatable bonds is 9. The standard InChI is InChI=1S/C21H22ClFN6O4/c1-2-3-9-28-17-16(25-20(22)26-17)19(31)29(21(28)32)10-5-4-6-15-24-18(33-27-15)13-8-7-12(30)11-14(13)23/h7-8,11,30H,2-6,9-10H2,1H3,(H,25,26). The third-order valence-corrected chi connectivity index (χ3v) is 5.43. The van der Waals surface area contributed by atoms with Crippen LogP contribution >= 0.6 is 11.6 Å². The SMILES string of the molecule is CCCCn1c(=O)n(CCCCc2noc(-c3ccc(O)cc3F)n2)c(=O)c2[nH]c(Cl)nc21. The van der Waals surface area contributed by atoms with E-state index >= 15 is 0 Å². The number of unbranched alkanes of at least 4 members (excludes halogenated alkanes) is 2. The maximum atomic E-state index is 14.0. The van der Waals surface area contributed by atoms with E-state index in [-0.39, 0.29) is 40.2 Å². The number of imidazole rings is 1. The highest BCUT2D eigenvalue weighted by Gasteiger charge is 2.17. The Labute approximate surface area is 191 Å². The number of fused-ring (bicyclic) bond motifs is 1. The molecule has 0 aliphatic carbocycles. The van der Waals surface area contributed by atoms with E-state index in [9.17, 15) is 19.1 Å². The summed E-state index contributed by atoms with van der Waals surface area (Å²) in [5.74, 6) is -0.478. The van der Waals surface area contributed by atoms with Crippen molar-refractivity contribution in [2.24, 2.45) is 0 Å². The second-order valence-corrected chi connectivity index (χ2v) is 7.97. The summed E-state index contributed by atoms with van der Waals surface area (Å²) >= 11 is 5.94. The number of halogens is 2. The third kappa shape index (κ3) is 4.68. The molecule has 10 nitrogen and oxygen atoms in total. The van der Waals surface area contributed by atoms with Gasteiger partial charge in [-0.3, -0.25) is 13.9 Å². The molecule has 0 bridgehead atoms. The fourth-order valence-electron chi connectivity index (χ4n) is 3.55. The molecule has 2 N–H and O–H groups in total. The minimum atomic E-state index is -0.668. The molecule has 0 aliphatic heterocycles. The molecule has 0 saturated heterocycles. The zero-order valence-electron chi connectivity index (χ0n) is 17.8. The van der Waals surface area contributed by atoms with E-state index in [2.05, 4.69) is 20.1 Å². The van der Waals surface area contributed by atoms with Gasteiger partial charge in [0, 0.05) is 25.6 Å². The van der Waals surface area contributed by atoms with Crippen molar-refractivity contribution < 1.29 is 14.0 Å². The Morgan fingerprint density at radius 2 is 1.94 bits per heavy atom. The van der Waals surface area contributed by atoms with Crippen LogP contribution in [0.1, 0.15) is 38.4 Å². The molecule has 4 aromatic rings. The van der Waals surface area contributed by atoms with Crippen molar-refractivity contribution in [3.63, 3.8) is 0 Å². The fraction of sp³-hybridized carbons (Fsp3) is 0.381. The number of phenolic OH excluding ortho intramolecular Hbond substituents is 1. The Hall–Kier alpha value is -3.47. The van der Waals surface area contributed by atoms with E-state index in [0.29, 0.717) is 31.6 Å². The van der Waals surface area contributed by atoms with Gasteiger partial charge < -0.3 is 14.6 Å². The van der Waals surface area contributed by atoms with Crippen LogP contribution < -0.4 is 11.2 Å². The Morgan fingerprint density at radius 1 is 1.15 bits per heavy atom. The molecule has 0 saturated carbocycles.